The maximum Gasteiger partial charge on any atom is 0.309 e. The van der Waals surface area contributed by atoms with Crippen LogP contribution in [0.4, 0.5) is 5.69 Å². The third-order valence-electron chi connectivity index (χ3n) is 5.20. The van der Waals surface area contributed by atoms with Crippen LogP contribution in [0.25, 0.3) is 0 Å². The molecule has 1 aromatic rings. The Hall–Kier alpha value is -1.26. The van der Waals surface area contributed by atoms with Gasteiger partial charge in [0.25, 0.3) is 0 Å². The second-order valence-electron chi connectivity index (χ2n) is 6.57. The van der Waals surface area contributed by atoms with E-state index in [9.17, 15) is 14.7 Å². The minimum atomic E-state index is -0.910. The number of nitrogens with one attached hydrogen (secondary N) is 1. The van der Waals surface area contributed by atoms with Crippen molar-refractivity contribution < 1.29 is 14.7 Å². The molecule has 1 aliphatic carbocycles. The first-order valence-corrected chi connectivity index (χ1v) is 7.84. The number of carboxylic acids is 1. The lowest BCUT2D eigenvalue weighted by atomic mass is 9.65. The van der Waals surface area contributed by atoms with E-state index in [2.05, 4.69) is 5.32 Å². The zero-order chi connectivity index (χ0) is 16.7. The number of hydrogen-bond donors (Lipinski definition) is 2. The van der Waals surface area contributed by atoms with Gasteiger partial charge in [-0.25, -0.2) is 0 Å². The first kappa shape index (κ1) is 17.1. The molecule has 2 atom stereocenters. The zero-order valence-corrected chi connectivity index (χ0v) is 14.3. The van der Waals surface area contributed by atoms with Crippen molar-refractivity contribution in [3.63, 3.8) is 0 Å². The average Bonchev–Trinajstić information content (AvgIpc) is 2.66. The first-order valence-electron chi connectivity index (χ1n) is 7.09. The molecule has 1 amide bonds. The Morgan fingerprint density at radius 2 is 1.86 bits per heavy atom. The quantitative estimate of drug-likeness (QED) is 0.851. The number of anilines is 1. The molecule has 2 rings (SSSR count). The molecule has 1 saturated carbocycles. The number of hydrogen-bond acceptors (Lipinski definition) is 2. The third kappa shape index (κ3) is 2.70. The molecule has 120 valence electrons. The van der Waals surface area contributed by atoms with E-state index in [-0.39, 0.29) is 11.8 Å². The van der Waals surface area contributed by atoms with Crippen molar-refractivity contribution in [2.24, 2.45) is 16.7 Å². The summed E-state index contributed by atoms with van der Waals surface area (Å²) in [7, 11) is 0. The maximum absolute atomic E-state index is 12.6. The van der Waals surface area contributed by atoms with E-state index in [1.807, 2.05) is 13.8 Å². The average molecular weight is 344 g/mol. The van der Waals surface area contributed by atoms with Gasteiger partial charge >= 0.3 is 5.97 Å². The number of carbonyl (C=O) groups is 2. The zero-order valence-electron chi connectivity index (χ0n) is 12.7. The minimum Gasteiger partial charge on any atom is -0.481 e. The fraction of sp³-hybridized carbons (Fsp3) is 0.500. The van der Waals surface area contributed by atoms with Gasteiger partial charge in [-0.15, -0.1) is 0 Å². The van der Waals surface area contributed by atoms with Crippen molar-refractivity contribution in [1.29, 1.82) is 0 Å². The van der Waals surface area contributed by atoms with E-state index < -0.39 is 16.8 Å². The molecule has 0 heterocycles. The molecule has 0 saturated heterocycles. The van der Waals surface area contributed by atoms with Gasteiger partial charge in [-0.2, -0.15) is 0 Å². The van der Waals surface area contributed by atoms with Gasteiger partial charge < -0.3 is 10.4 Å². The van der Waals surface area contributed by atoms with Crippen molar-refractivity contribution in [1.82, 2.24) is 0 Å². The Bertz CT molecular complexity index is 630. The lowest BCUT2D eigenvalue weighted by molar-refractivity contribution is -0.154. The highest BCUT2D eigenvalue weighted by molar-refractivity contribution is 6.42. The van der Waals surface area contributed by atoms with E-state index in [4.69, 9.17) is 23.2 Å². The van der Waals surface area contributed by atoms with E-state index in [1.54, 1.807) is 25.1 Å². The molecular weight excluding hydrogens is 325 g/mol. The van der Waals surface area contributed by atoms with Crippen LogP contribution in [0.2, 0.25) is 10.0 Å². The Labute approximate surface area is 139 Å². The molecule has 1 aliphatic rings. The van der Waals surface area contributed by atoms with Crippen LogP contribution < -0.4 is 5.32 Å². The van der Waals surface area contributed by atoms with E-state index in [0.717, 1.165) is 0 Å². The van der Waals surface area contributed by atoms with Gasteiger partial charge in [0.2, 0.25) is 5.91 Å². The molecule has 22 heavy (non-hydrogen) atoms. The smallest absolute Gasteiger partial charge is 0.309 e. The topological polar surface area (TPSA) is 66.4 Å². The van der Waals surface area contributed by atoms with Gasteiger partial charge in [-0.05, 0) is 43.4 Å². The molecule has 1 aromatic carbocycles. The lowest BCUT2D eigenvalue weighted by Gasteiger charge is -2.37. The SMILES string of the molecule is CC1(C)[C@@H](C(=O)Nc2ccc(Cl)c(Cl)c2)CC[C@@]1(C)C(=O)O. The van der Waals surface area contributed by atoms with E-state index in [0.29, 0.717) is 28.6 Å². The van der Waals surface area contributed by atoms with Crippen LogP contribution in [0.5, 0.6) is 0 Å². The molecule has 0 unspecified atom stereocenters. The highest BCUT2D eigenvalue weighted by Gasteiger charge is 2.58. The molecule has 0 aromatic heterocycles. The molecule has 0 radical (unpaired) electrons. The molecule has 0 aliphatic heterocycles. The number of carboxylic acid groups (broad SMARTS) is 1. The van der Waals surface area contributed by atoms with Crippen LogP contribution in [0.1, 0.15) is 33.6 Å². The minimum absolute atomic E-state index is 0.187. The highest BCUT2D eigenvalue weighted by Crippen LogP contribution is 2.56. The molecule has 2 N–H and O–H groups in total. The van der Waals surface area contributed by atoms with Crippen molar-refractivity contribution >= 4 is 40.8 Å². The number of aliphatic carboxylic acids is 1. The van der Waals surface area contributed by atoms with Crippen molar-refractivity contribution in [3.8, 4) is 0 Å². The molecular formula is C16H19Cl2NO3. The number of carbonyl (C=O) groups excluding carboxylic acids is 1. The summed E-state index contributed by atoms with van der Waals surface area (Å²) in [4.78, 5) is 24.1. The normalized spacial score (nSPS) is 26.7. The van der Waals surface area contributed by atoms with E-state index in [1.165, 1.54) is 0 Å². The second kappa shape index (κ2) is 5.74. The third-order valence-corrected chi connectivity index (χ3v) is 5.94. The molecule has 1 fully saturated rings. The summed E-state index contributed by atoms with van der Waals surface area (Å²) in [6.45, 7) is 5.39. The number of rotatable bonds is 3. The summed E-state index contributed by atoms with van der Waals surface area (Å²) in [6, 6.07) is 4.87. The summed E-state index contributed by atoms with van der Waals surface area (Å²) < 4.78 is 0. The van der Waals surface area contributed by atoms with Crippen LogP contribution in [0, 0.1) is 16.7 Å². The summed E-state index contributed by atoms with van der Waals surface area (Å²) in [5.74, 6) is -1.42. The Kier molecular flexibility index (Phi) is 4.46. The van der Waals surface area contributed by atoms with Crippen LogP contribution in [0.15, 0.2) is 18.2 Å². The van der Waals surface area contributed by atoms with Crippen molar-refractivity contribution in [2.45, 2.75) is 33.6 Å². The Morgan fingerprint density at radius 3 is 2.36 bits per heavy atom. The highest BCUT2D eigenvalue weighted by atomic mass is 35.5. The van der Waals surface area contributed by atoms with E-state index >= 15 is 0 Å². The van der Waals surface area contributed by atoms with Crippen LogP contribution in [-0.2, 0) is 9.59 Å². The predicted molar refractivity (Wildman–Crippen MR) is 87.3 cm³/mol. The van der Waals surface area contributed by atoms with Gasteiger partial charge in [0, 0.05) is 11.6 Å². The molecule has 4 nitrogen and oxygen atoms in total. The van der Waals surface area contributed by atoms with Crippen LogP contribution in [-0.4, -0.2) is 17.0 Å². The predicted octanol–water partition coefficient (Wildman–Crippen LogP) is 4.46. The van der Waals surface area contributed by atoms with Crippen molar-refractivity contribution in [3.05, 3.63) is 28.2 Å². The van der Waals surface area contributed by atoms with Gasteiger partial charge in [-0.1, -0.05) is 37.0 Å². The maximum atomic E-state index is 12.6. The van der Waals surface area contributed by atoms with Gasteiger partial charge in [0.1, 0.15) is 0 Å². The summed E-state index contributed by atoms with van der Waals surface area (Å²) in [6.07, 6.45) is 1.03. The van der Waals surface area contributed by atoms with Gasteiger partial charge in [0.05, 0.1) is 15.5 Å². The number of benzene rings is 1. The monoisotopic (exact) mass is 343 g/mol. The fourth-order valence-electron chi connectivity index (χ4n) is 3.15. The fourth-order valence-corrected chi connectivity index (χ4v) is 3.44. The summed E-state index contributed by atoms with van der Waals surface area (Å²) >= 11 is 11.8. The Morgan fingerprint density at radius 1 is 1.23 bits per heavy atom. The van der Waals surface area contributed by atoms with Gasteiger partial charge in [0.15, 0.2) is 0 Å². The second-order valence-corrected chi connectivity index (χ2v) is 7.38. The summed E-state index contributed by atoms with van der Waals surface area (Å²) in [5.41, 5.74) is -0.995. The lowest BCUT2D eigenvalue weighted by Crippen LogP contribution is -2.43. The number of halogens is 2. The van der Waals surface area contributed by atoms with Crippen molar-refractivity contribution in [2.75, 3.05) is 5.32 Å². The largest absolute Gasteiger partial charge is 0.481 e. The molecule has 6 heteroatoms. The van der Waals surface area contributed by atoms with Crippen LogP contribution >= 0.6 is 23.2 Å². The first-order chi connectivity index (χ1) is 10.1. The molecule has 0 spiro atoms. The Balaban J connectivity index is 2.20. The summed E-state index contributed by atoms with van der Waals surface area (Å²) in [5, 5.41) is 13.1. The standard InChI is InChI=1S/C16H19Cl2NO3/c1-15(2)10(6-7-16(15,3)14(21)22)13(20)19-9-4-5-11(17)12(18)8-9/h4-5,8,10H,6-7H2,1-3H3,(H,19,20)(H,21,22)/t10-,16+/m1/s1. The molecule has 0 bridgehead atoms. The van der Waals surface area contributed by atoms with Gasteiger partial charge in [-0.3, -0.25) is 9.59 Å². The van der Waals surface area contributed by atoms with Crippen LogP contribution in [0.3, 0.4) is 0 Å². The number of amides is 1.